The minimum Gasteiger partial charge on any atom is -0.355 e. The number of rotatable bonds is 0. The predicted molar refractivity (Wildman–Crippen MR) is 55.8 cm³/mol. The molecule has 0 aliphatic heterocycles. The molecule has 1 aromatic heterocycles. The Labute approximate surface area is 88.7 Å². The van der Waals surface area contributed by atoms with Gasteiger partial charge < -0.3 is 4.98 Å². The summed E-state index contributed by atoms with van der Waals surface area (Å²) < 4.78 is 70.6. The van der Waals surface area contributed by atoms with Crippen molar-refractivity contribution in [3.63, 3.8) is 0 Å². The minimum atomic E-state index is -0.510. The van der Waals surface area contributed by atoms with Gasteiger partial charge in [0.1, 0.15) is 0 Å². The van der Waals surface area contributed by atoms with Gasteiger partial charge in [0.05, 0.1) is 11.0 Å². The molecule has 0 bridgehead atoms. The number of aromatic nitrogens is 1. The molecule has 0 radical (unpaired) electrons. The van der Waals surface area contributed by atoms with E-state index in [-0.39, 0.29) is 21.8 Å². The lowest BCUT2D eigenvalue weighted by atomic mass is 10.2. The maximum Gasteiger partial charge on any atom is 0.167 e. The highest BCUT2D eigenvalue weighted by Gasteiger charge is 2.00. The van der Waals surface area contributed by atoms with Crippen molar-refractivity contribution in [3.05, 3.63) is 48.3 Å². The van der Waals surface area contributed by atoms with Crippen LogP contribution in [-0.4, -0.2) is 4.98 Å². The first kappa shape index (κ1) is 2.38. The standard InChI is InChI=1S/C12H9N/c1-3-7-11-9(5-1)10-6-2-4-8-12(10)13-11/h1-8,13H/i1D,2D,3D,4D,5D,6D,7D,8D/hD. The molecule has 1 heteroatoms. The van der Waals surface area contributed by atoms with Crippen LogP contribution in [0, 0.1) is 0 Å². The lowest BCUT2D eigenvalue weighted by Gasteiger charge is -1.87. The average Bonchev–Trinajstić information content (AvgIpc) is 2.80. The molecule has 0 saturated carbocycles. The zero-order valence-electron chi connectivity index (χ0n) is 15.4. The van der Waals surface area contributed by atoms with E-state index in [1.165, 1.54) is 0 Å². The Kier molecular flexibility index (Phi) is 0.433. The molecule has 1 N–H and O–H groups in total. The lowest BCUT2D eigenvalue weighted by Crippen LogP contribution is -1.62. The average molecular weight is 176 g/mol. The van der Waals surface area contributed by atoms with Crippen molar-refractivity contribution in [1.82, 2.24) is 4.98 Å². The summed E-state index contributed by atoms with van der Waals surface area (Å²) >= 11 is 0. The van der Waals surface area contributed by atoms with Crippen molar-refractivity contribution < 1.29 is 12.4 Å². The van der Waals surface area contributed by atoms with E-state index < -0.39 is 48.3 Å². The highest BCUT2D eigenvalue weighted by atomic mass is 14.7. The Hall–Kier alpha value is -1.76. The fourth-order valence-corrected chi connectivity index (χ4v) is 1.25. The molecule has 0 saturated heterocycles. The smallest absolute Gasteiger partial charge is 0.167 e. The maximum absolute atomic E-state index is 8.04. The van der Waals surface area contributed by atoms with Gasteiger partial charge in [-0.05, 0) is 12.1 Å². The molecular formula is C12H9N. The molecular weight excluding hydrogens is 158 g/mol. The Morgan fingerprint density at radius 3 is 1.85 bits per heavy atom. The van der Waals surface area contributed by atoms with E-state index in [0.29, 0.717) is 4.98 Å². The summed E-state index contributed by atoms with van der Waals surface area (Å²) in [6, 6.07) is -3.75. The number of para-hydroxylation sites is 2. The summed E-state index contributed by atoms with van der Waals surface area (Å²) in [7, 11) is 0. The molecule has 3 aromatic rings. The molecule has 13 heavy (non-hydrogen) atoms. The highest BCUT2D eigenvalue weighted by molar-refractivity contribution is 6.06. The van der Waals surface area contributed by atoms with Gasteiger partial charge in [0.25, 0.3) is 0 Å². The van der Waals surface area contributed by atoms with E-state index in [0.717, 1.165) is 0 Å². The molecule has 0 unspecified atom stereocenters. The fourth-order valence-electron chi connectivity index (χ4n) is 1.25. The summed E-state index contributed by atoms with van der Waals surface area (Å²) in [6.07, 6.45) is 0. The van der Waals surface area contributed by atoms with Crippen LogP contribution in [0.2, 0.25) is 1.41 Å². The van der Waals surface area contributed by atoms with Gasteiger partial charge in [-0.15, -0.1) is 0 Å². The molecule has 0 atom stereocenters. The first-order chi connectivity index (χ1) is 10.2. The van der Waals surface area contributed by atoms with Gasteiger partial charge in [-0.25, -0.2) is 0 Å². The van der Waals surface area contributed by atoms with Gasteiger partial charge in [0.2, 0.25) is 0 Å². The van der Waals surface area contributed by atoms with Crippen molar-refractivity contribution in [2.45, 2.75) is 0 Å². The van der Waals surface area contributed by atoms with Crippen LogP contribution < -0.4 is 0 Å². The Bertz CT molecular complexity index is 896. The van der Waals surface area contributed by atoms with Gasteiger partial charge in [-0.2, -0.15) is 0 Å². The summed E-state index contributed by atoms with van der Waals surface area (Å²) in [5, 5.41) is -0.133. The Balaban J connectivity index is 2.81. The van der Waals surface area contributed by atoms with Gasteiger partial charge in [-0.1, -0.05) is 36.3 Å². The SMILES string of the molecule is [2H]c1c([2H])c([2H])c2c(c1[2H])c1c([2H])c([2H])c([2H])c([2H])c1n2[2H]. The second-order valence-electron chi connectivity index (χ2n) is 2.56. The van der Waals surface area contributed by atoms with Gasteiger partial charge in [0.15, 0.2) is 1.41 Å². The molecule has 0 amide bonds. The molecule has 1 heterocycles. The van der Waals surface area contributed by atoms with Crippen molar-refractivity contribution in [2.24, 2.45) is 0 Å². The lowest BCUT2D eigenvalue weighted by molar-refractivity contribution is 1.55. The molecule has 2 aromatic carbocycles. The largest absolute Gasteiger partial charge is 0.355 e. The van der Waals surface area contributed by atoms with Gasteiger partial charge >= 0.3 is 0 Å². The van der Waals surface area contributed by atoms with Crippen molar-refractivity contribution in [1.29, 1.82) is 0 Å². The number of H-pyrrole nitrogens is 1. The number of benzene rings is 2. The van der Waals surface area contributed by atoms with Crippen LogP contribution in [0.3, 0.4) is 0 Å². The van der Waals surface area contributed by atoms with Crippen molar-refractivity contribution in [2.75, 3.05) is 0 Å². The summed E-state index contributed by atoms with van der Waals surface area (Å²) in [5.41, 5.74) is -0.319. The van der Waals surface area contributed by atoms with Crippen LogP contribution in [0.1, 0.15) is 11.0 Å². The summed E-state index contributed by atoms with van der Waals surface area (Å²) in [5.74, 6) is 0. The summed E-state index contributed by atoms with van der Waals surface area (Å²) in [6.45, 7) is 0. The monoisotopic (exact) mass is 176 g/mol. The van der Waals surface area contributed by atoms with E-state index >= 15 is 0 Å². The second kappa shape index (κ2) is 2.36. The topological polar surface area (TPSA) is 15.8 Å². The second-order valence-corrected chi connectivity index (χ2v) is 2.56. The molecule has 0 aliphatic rings. The van der Waals surface area contributed by atoms with E-state index in [1.807, 2.05) is 0 Å². The van der Waals surface area contributed by atoms with Crippen molar-refractivity contribution >= 4 is 21.8 Å². The van der Waals surface area contributed by atoms with Crippen LogP contribution in [0.4, 0.5) is 0 Å². The fraction of sp³-hybridized carbons (Fsp3) is 0. The van der Waals surface area contributed by atoms with Crippen LogP contribution in [-0.2, 0) is 0 Å². The van der Waals surface area contributed by atoms with Crippen LogP contribution in [0.5, 0.6) is 0 Å². The number of nitrogens with one attached hydrogen (secondary N) is 1. The Morgan fingerprint density at radius 2 is 1.31 bits per heavy atom. The van der Waals surface area contributed by atoms with Crippen LogP contribution in [0.25, 0.3) is 21.8 Å². The molecule has 3 rings (SSSR count). The van der Waals surface area contributed by atoms with E-state index in [4.69, 9.17) is 12.4 Å². The third-order valence-electron chi connectivity index (χ3n) is 1.81. The molecule has 0 spiro atoms. The van der Waals surface area contributed by atoms with Gasteiger partial charge in [-0.3, -0.25) is 0 Å². The molecule has 62 valence electrons. The summed E-state index contributed by atoms with van der Waals surface area (Å²) in [4.78, 5) is 0.653. The van der Waals surface area contributed by atoms with E-state index in [1.54, 1.807) is 0 Å². The zero-order valence-corrected chi connectivity index (χ0v) is 6.45. The first-order valence-electron chi connectivity index (χ1n) is 8.14. The normalized spacial score (nSPS) is 20.8. The highest BCUT2D eigenvalue weighted by Crippen LogP contribution is 2.24. The maximum atomic E-state index is 8.04. The number of hydrogen-bond acceptors (Lipinski definition) is 0. The molecule has 0 fully saturated rings. The van der Waals surface area contributed by atoms with E-state index in [2.05, 4.69) is 0 Å². The third kappa shape index (κ3) is 0.872. The number of hydrogen-bond donors (Lipinski definition) is 1. The third-order valence-corrected chi connectivity index (χ3v) is 1.81. The van der Waals surface area contributed by atoms with Crippen LogP contribution in [0.15, 0.2) is 48.3 Å². The number of fused-ring (bicyclic) bond motifs is 3. The van der Waals surface area contributed by atoms with Crippen LogP contribution >= 0.6 is 0 Å². The zero-order chi connectivity index (χ0) is 16.5. The predicted octanol–water partition coefficient (Wildman–Crippen LogP) is 3.32. The van der Waals surface area contributed by atoms with Crippen molar-refractivity contribution in [3.8, 4) is 0 Å². The first-order valence-corrected chi connectivity index (χ1v) is 3.70. The minimum absolute atomic E-state index is 0.0667. The quantitative estimate of drug-likeness (QED) is 0.541. The Morgan fingerprint density at radius 1 is 0.846 bits per heavy atom. The molecule has 1 nitrogen and oxygen atoms in total. The van der Waals surface area contributed by atoms with E-state index in [9.17, 15) is 0 Å². The number of aromatic amines is 1. The van der Waals surface area contributed by atoms with Gasteiger partial charge in [0, 0.05) is 21.8 Å². The molecule has 0 aliphatic carbocycles.